The Labute approximate surface area is 712 Å². The second-order valence-corrected chi connectivity index (χ2v) is 33.2. The van der Waals surface area contributed by atoms with Crippen LogP contribution in [0.3, 0.4) is 0 Å². The van der Waals surface area contributed by atoms with Gasteiger partial charge >= 0.3 is 18.1 Å². The van der Waals surface area contributed by atoms with Crippen molar-refractivity contribution in [2.45, 2.75) is 265 Å². The maximum absolute atomic E-state index is 14.6. The van der Waals surface area contributed by atoms with Crippen LogP contribution in [-0.4, -0.2) is 318 Å². The van der Waals surface area contributed by atoms with Crippen LogP contribution >= 0.6 is 0 Å². The molecule has 1 aromatic carbocycles. The number of fused-ring (bicyclic) bond motifs is 6. The molecular formula is C85H129N7O30. The number of nitrogens with two attached hydrogens (primary N) is 1. The third kappa shape index (κ3) is 28.8. The highest BCUT2D eigenvalue weighted by Crippen LogP contribution is 2.55. The number of aliphatic hydroxyl groups excluding tert-OH is 1. The van der Waals surface area contributed by atoms with Gasteiger partial charge in [-0.05, 0) is 98.5 Å². The van der Waals surface area contributed by atoms with Crippen LogP contribution < -0.4 is 32.3 Å². The van der Waals surface area contributed by atoms with Gasteiger partial charge in [-0.15, -0.1) is 5.06 Å². The molecule has 21 atom stereocenters. The van der Waals surface area contributed by atoms with Crippen LogP contribution in [0.1, 0.15) is 148 Å². The second-order valence-electron chi connectivity index (χ2n) is 33.2. The van der Waals surface area contributed by atoms with Gasteiger partial charge in [0, 0.05) is 89.6 Å². The number of aliphatic hydroxyl groups is 1. The summed E-state index contributed by atoms with van der Waals surface area (Å²) in [4.78, 5) is 120. The lowest BCUT2D eigenvalue weighted by Crippen LogP contribution is -2.61. The van der Waals surface area contributed by atoms with Gasteiger partial charge in [-0.25, -0.2) is 14.4 Å². The average molecular weight is 1730 g/mol. The van der Waals surface area contributed by atoms with Crippen LogP contribution in [0, 0.1) is 17.8 Å². The van der Waals surface area contributed by atoms with Crippen LogP contribution in [0.4, 0.5) is 15.3 Å². The predicted molar refractivity (Wildman–Crippen MR) is 430 cm³/mol. The number of alkyl carbamates (subject to hydrolysis) is 1. The first-order chi connectivity index (χ1) is 59.0. The zero-order valence-electron chi connectivity index (χ0n) is 70.9. The molecule has 0 saturated carbocycles. The summed E-state index contributed by atoms with van der Waals surface area (Å²) < 4.78 is 116. The largest absolute Gasteiger partial charge is 0.445 e. The third-order valence-electron chi connectivity index (χ3n) is 23.7. The molecule has 12 rings (SSSR count). The number of hydrogen-bond acceptors (Lipinski definition) is 30. The van der Waals surface area contributed by atoms with Crippen LogP contribution in [0.15, 0.2) is 48.6 Å². The summed E-state index contributed by atoms with van der Waals surface area (Å²) in [5, 5.41) is 25.6. The van der Waals surface area contributed by atoms with Crippen molar-refractivity contribution in [1.82, 2.24) is 26.3 Å². The van der Waals surface area contributed by atoms with Crippen molar-refractivity contribution < 1.29 is 143 Å². The Bertz CT molecular complexity index is 3550. The molecule has 1 spiro atoms. The first-order valence-electron chi connectivity index (χ1n) is 43.6. The topological polar surface area (TPSA) is 448 Å². The van der Waals surface area contributed by atoms with Gasteiger partial charge in [0.15, 0.2) is 5.79 Å². The van der Waals surface area contributed by atoms with E-state index in [9.17, 15) is 48.3 Å². The quantitative estimate of drug-likeness (QED) is 0.0276. The fraction of sp³-hybridized carbons (Fsp3) is 0.776. The molecule has 11 aliphatic heterocycles. The van der Waals surface area contributed by atoms with E-state index in [1.807, 2.05) is 0 Å². The van der Waals surface area contributed by atoms with Crippen molar-refractivity contribution in [2.24, 2.45) is 23.5 Å². The van der Waals surface area contributed by atoms with Gasteiger partial charge in [-0.3, -0.25) is 28.8 Å². The van der Waals surface area contributed by atoms with Crippen LogP contribution in [-0.2, 0) is 135 Å². The molecule has 37 nitrogen and oxygen atoms in total. The SMILES string of the molecule is C=C1C[C@@H]2CCC34C[C@H]5O[C@H]6[C@@H](O3)[C@H]3O[C@H](CC[C@@H]3O[C@H]6[C@H]5O4)CC(=O)C[C@@H]3[C@@H](OC)[C@@H](C[C@H](O)CNC(=O)OCc4ccc(NC(=O)[C@H](CCCNC(N)=O)NC(=O)[C@@H](NC(=O)CCOCCOCCOCCOCCOCCOCCOCCOCCOCCC(=O)ON5C(=O)CCC5=O)C(C)C)cc4)O[C@H]3C[C@H]3O[C@@H](CC[C@@H]1O2)C[C@@H](C)C3=C. The number of hydrogen-bond donors (Lipinski definition) is 7. The minimum absolute atomic E-state index is 0.00976. The summed E-state index contributed by atoms with van der Waals surface area (Å²) in [7, 11) is 1.58. The van der Waals surface area contributed by atoms with Crippen LogP contribution in [0.2, 0.25) is 0 Å². The zero-order valence-corrected chi connectivity index (χ0v) is 70.9. The van der Waals surface area contributed by atoms with E-state index >= 15 is 0 Å². The lowest BCUT2D eigenvalue weighted by atomic mass is 9.81. The molecule has 0 aliphatic carbocycles. The average Bonchev–Trinajstić information content (AvgIpc) is 1.55. The standard InChI is InChI=1S/C85H129N7O30/c1-51(2)74(91-70(95)20-24-104-26-28-106-30-32-108-34-36-110-38-40-112-41-39-111-37-35-109-33-31-107-29-27-105-25-21-73(98)122-92-71(96)17-18-72(92)97)82(100)90-63(8-7-23-87-83(86)101)81(99)89-56-11-9-55(10-12-56)50-113-84(102)88-49-58(94)46-68-75(103-6)62-45-57(93)44-60-14-16-65-76(116-60)80-79-78(118-65)77-69(119-79)48-85(120-77,121-80)22-19-61-43-53(4)64(114-61)15-13-59-42-52(3)54(5)66(115-59)47-67(62)117-68/h9-12,51-52,58-69,74-80,94H,4-5,7-8,13-50H2,1-3,6H3,(H,88,102)(H,89,99)(H,90,100)(H,91,95)(H3,86,87,101)/t52-,58+,59+,60-,61+,62+,63+,64+,65+,66-,67+,68-,69-,74+,75-,76+,77+,78+,79-,80+,85?/m1/s1. The van der Waals surface area contributed by atoms with Crippen molar-refractivity contribution in [3.63, 3.8) is 0 Å². The molecule has 1 aromatic rings. The lowest BCUT2D eigenvalue weighted by Gasteiger charge is -2.47. The Hall–Kier alpha value is -6.83. The van der Waals surface area contributed by atoms with E-state index in [1.165, 1.54) is 0 Å². The van der Waals surface area contributed by atoms with Gasteiger partial charge < -0.3 is 132 Å². The number of carbonyl (C=O) groups is 9. The molecule has 11 saturated heterocycles. The lowest BCUT2D eigenvalue weighted by molar-refractivity contribution is -0.292. The summed E-state index contributed by atoms with van der Waals surface area (Å²) in [6, 6.07) is 3.62. The fourth-order valence-electron chi connectivity index (χ4n) is 17.4. The Kier molecular flexibility index (Phi) is 38.3. The van der Waals surface area contributed by atoms with Gasteiger partial charge in [0.1, 0.15) is 55.0 Å². The predicted octanol–water partition coefficient (Wildman–Crippen LogP) is 3.96. The Morgan fingerprint density at radius 2 is 1.19 bits per heavy atom. The number of ether oxygens (including phenoxy) is 19. The van der Waals surface area contributed by atoms with E-state index in [-0.39, 0.29) is 183 Å². The number of ketones is 1. The maximum atomic E-state index is 14.6. The van der Waals surface area contributed by atoms with E-state index in [4.69, 9.17) is 101 Å². The number of hydroxylamine groups is 2. The third-order valence-corrected chi connectivity index (χ3v) is 23.7. The second kappa shape index (κ2) is 48.8. The summed E-state index contributed by atoms with van der Waals surface area (Å²) in [6.07, 6.45) is 0.547. The minimum atomic E-state index is -1.11. The molecule has 11 fully saturated rings. The van der Waals surface area contributed by atoms with Gasteiger partial charge in [0.2, 0.25) is 17.7 Å². The number of primary amides is 1. The molecule has 122 heavy (non-hydrogen) atoms. The van der Waals surface area contributed by atoms with E-state index in [0.717, 1.165) is 43.3 Å². The molecule has 0 radical (unpaired) electrons. The Balaban J connectivity index is 0.539. The molecule has 37 heteroatoms. The molecule has 11 aliphatic rings. The van der Waals surface area contributed by atoms with E-state index in [2.05, 4.69) is 46.7 Å². The van der Waals surface area contributed by atoms with Gasteiger partial charge in [0.25, 0.3) is 11.8 Å². The molecule has 12 bridgehead atoms. The highest BCUT2D eigenvalue weighted by Gasteiger charge is 2.69. The van der Waals surface area contributed by atoms with Gasteiger partial charge in [-0.1, -0.05) is 46.1 Å². The van der Waals surface area contributed by atoms with Crippen molar-refractivity contribution in [2.75, 3.05) is 144 Å². The number of Topliss-reactive ketones (excluding diaryl/α,β-unsaturated/α-hetero) is 1. The number of benzene rings is 1. The van der Waals surface area contributed by atoms with Crippen molar-refractivity contribution >= 4 is 59.1 Å². The molecule has 1 unspecified atom stereocenters. The Morgan fingerprint density at radius 3 is 1.81 bits per heavy atom. The van der Waals surface area contributed by atoms with Crippen LogP contribution in [0.25, 0.3) is 0 Å². The van der Waals surface area contributed by atoms with Crippen molar-refractivity contribution in [3.05, 3.63) is 54.1 Å². The fourth-order valence-corrected chi connectivity index (χ4v) is 17.4. The number of amides is 8. The smallest absolute Gasteiger partial charge is 0.407 e. The van der Waals surface area contributed by atoms with E-state index in [1.54, 1.807) is 45.2 Å². The van der Waals surface area contributed by atoms with E-state index < -0.39 is 114 Å². The summed E-state index contributed by atoms with van der Waals surface area (Å²) in [5.41, 5.74) is 8.25. The molecule has 8 amide bonds. The molecule has 11 heterocycles. The van der Waals surface area contributed by atoms with E-state index in [0.29, 0.717) is 134 Å². The number of urea groups is 1. The highest BCUT2D eigenvalue weighted by molar-refractivity contribution is 6.01. The van der Waals surface area contributed by atoms with Gasteiger partial charge in [0.05, 0.1) is 192 Å². The molecule has 8 N–H and O–H groups in total. The monoisotopic (exact) mass is 1730 g/mol. The minimum Gasteiger partial charge on any atom is -0.445 e. The molecular weight excluding hydrogens is 1600 g/mol. The van der Waals surface area contributed by atoms with Crippen molar-refractivity contribution in [3.8, 4) is 0 Å². The Morgan fingerprint density at radius 1 is 0.607 bits per heavy atom. The molecule has 684 valence electrons. The number of imide groups is 1. The number of rotatable bonds is 48. The zero-order chi connectivity index (χ0) is 86.5. The number of nitrogens with one attached hydrogen (secondary N) is 5. The normalized spacial score (nSPS) is 30.0. The number of carbonyl (C=O) groups excluding carboxylic acids is 9. The van der Waals surface area contributed by atoms with Gasteiger partial charge in [-0.2, -0.15) is 0 Å². The number of anilines is 1. The highest BCUT2D eigenvalue weighted by atomic mass is 16.8. The molecule has 0 aromatic heterocycles. The first-order valence-corrected chi connectivity index (χ1v) is 43.6. The number of methoxy groups -OCH3 is 1. The van der Waals surface area contributed by atoms with Crippen molar-refractivity contribution in [1.29, 1.82) is 0 Å². The number of nitrogens with zero attached hydrogens (tertiary/aromatic N) is 1. The maximum Gasteiger partial charge on any atom is 0.407 e. The summed E-state index contributed by atoms with van der Waals surface area (Å²) in [5.74, 6) is -4.95. The summed E-state index contributed by atoms with van der Waals surface area (Å²) in [6.45, 7) is 20.0. The first kappa shape index (κ1) is 95.8. The summed E-state index contributed by atoms with van der Waals surface area (Å²) >= 11 is 0. The van der Waals surface area contributed by atoms with Crippen LogP contribution in [0.5, 0.6) is 0 Å².